The molecule has 4 heteroatoms. The van der Waals surface area contributed by atoms with Crippen molar-refractivity contribution >= 4 is 11.6 Å². The number of aromatic nitrogens is 2. The molecule has 1 aromatic heterocycles. The highest BCUT2D eigenvalue weighted by Crippen LogP contribution is 2.29. The Balaban J connectivity index is 2.38. The van der Waals surface area contributed by atoms with E-state index < -0.39 is 0 Å². The molecule has 0 radical (unpaired) electrons. The number of nitrogens with one attached hydrogen (secondary N) is 1. The highest BCUT2D eigenvalue weighted by molar-refractivity contribution is 5.59. The third-order valence-electron chi connectivity index (χ3n) is 3.40. The summed E-state index contributed by atoms with van der Waals surface area (Å²) in [5.41, 5.74) is 1.17. The summed E-state index contributed by atoms with van der Waals surface area (Å²) in [7, 11) is 0. The number of anilines is 2. The van der Waals surface area contributed by atoms with E-state index in [0.717, 1.165) is 30.5 Å². The van der Waals surface area contributed by atoms with E-state index in [4.69, 9.17) is 0 Å². The van der Waals surface area contributed by atoms with Crippen LogP contribution in [0.25, 0.3) is 0 Å². The largest absolute Gasteiger partial charge is 0.370 e. The average Bonchev–Trinajstić information content (AvgIpc) is 2.70. The van der Waals surface area contributed by atoms with Crippen LogP contribution < -0.4 is 10.2 Å². The van der Waals surface area contributed by atoms with Crippen LogP contribution in [0.2, 0.25) is 0 Å². The van der Waals surface area contributed by atoms with Crippen LogP contribution in [0, 0.1) is 13.8 Å². The van der Waals surface area contributed by atoms with Gasteiger partial charge in [-0.05, 0) is 40.5 Å². The Morgan fingerprint density at radius 3 is 2.71 bits per heavy atom. The third kappa shape index (κ3) is 2.35. The summed E-state index contributed by atoms with van der Waals surface area (Å²) in [4.78, 5) is 11.5. The van der Waals surface area contributed by atoms with Crippen molar-refractivity contribution in [1.29, 1.82) is 0 Å². The highest BCUT2D eigenvalue weighted by Gasteiger charge is 2.24. The Morgan fingerprint density at radius 2 is 2.12 bits per heavy atom. The van der Waals surface area contributed by atoms with Crippen molar-refractivity contribution in [3.05, 3.63) is 11.4 Å². The molecule has 1 aromatic rings. The van der Waals surface area contributed by atoms with E-state index in [9.17, 15) is 0 Å². The molecule has 0 saturated carbocycles. The van der Waals surface area contributed by atoms with Gasteiger partial charge in [-0.1, -0.05) is 0 Å². The van der Waals surface area contributed by atoms with Crippen LogP contribution in [0.3, 0.4) is 0 Å². The van der Waals surface area contributed by atoms with E-state index in [0.29, 0.717) is 6.04 Å². The van der Waals surface area contributed by atoms with Crippen molar-refractivity contribution in [3.8, 4) is 0 Å². The monoisotopic (exact) mass is 234 g/mol. The average molecular weight is 234 g/mol. The van der Waals surface area contributed by atoms with Gasteiger partial charge < -0.3 is 10.2 Å². The summed E-state index contributed by atoms with van der Waals surface area (Å²) >= 11 is 0. The van der Waals surface area contributed by atoms with Gasteiger partial charge in [0.2, 0.25) is 0 Å². The van der Waals surface area contributed by atoms with Crippen LogP contribution in [-0.2, 0) is 0 Å². The van der Waals surface area contributed by atoms with Gasteiger partial charge >= 0.3 is 0 Å². The van der Waals surface area contributed by atoms with E-state index >= 15 is 0 Å². The predicted molar refractivity (Wildman–Crippen MR) is 71.7 cm³/mol. The lowest BCUT2D eigenvalue weighted by Crippen LogP contribution is -2.28. The topological polar surface area (TPSA) is 41.1 Å². The Bertz CT molecular complexity index is 403. The van der Waals surface area contributed by atoms with Crippen LogP contribution in [0.15, 0.2) is 0 Å². The molecule has 1 atom stereocenters. The predicted octanol–water partition coefficient (Wildman–Crippen LogP) is 2.51. The number of nitrogens with zero attached hydrogens (tertiary/aromatic N) is 3. The molecule has 1 N–H and O–H groups in total. The summed E-state index contributed by atoms with van der Waals surface area (Å²) in [6.07, 6.45) is 2.53. The maximum atomic E-state index is 4.62. The quantitative estimate of drug-likeness (QED) is 0.872. The molecule has 17 heavy (non-hydrogen) atoms. The second-order valence-corrected chi connectivity index (χ2v) is 4.78. The van der Waals surface area contributed by atoms with E-state index in [-0.39, 0.29) is 0 Å². The lowest BCUT2D eigenvalue weighted by Gasteiger charge is -2.25. The molecule has 1 aliphatic heterocycles. The molecular formula is C13H22N4. The zero-order valence-electron chi connectivity index (χ0n) is 11.2. The molecule has 94 valence electrons. The Hall–Kier alpha value is -1.32. The van der Waals surface area contributed by atoms with Crippen LogP contribution in [0.4, 0.5) is 11.6 Å². The van der Waals surface area contributed by atoms with Gasteiger partial charge in [-0.2, -0.15) is 0 Å². The maximum Gasteiger partial charge on any atom is 0.137 e. The zero-order chi connectivity index (χ0) is 12.4. The molecular weight excluding hydrogens is 212 g/mol. The standard InChI is InChI=1S/C13H22N4/c1-5-14-12-10(3)13(16-11(4)15-12)17-8-6-7-9(17)2/h9H,5-8H2,1-4H3,(H,14,15,16). The van der Waals surface area contributed by atoms with Crippen molar-refractivity contribution in [2.24, 2.45) is 0 Å². The van der Waals surface area contributed by atoms with Gasteiger partial charge in [0.1, 0.15) is 17.5 Å². The second-order valence-electron chi connectivity index (χ2n) is 4.78. The van der Waals surface area contributed by atoms with Gasteiger partial charge in [-0.25, -0.2) is 9.97 Å². The van der Waals surface area contributed by atoms with Gasteiger partial charge in [0.15, 0.2) is 0 Å². The normalized spacial score (nSPS) is 19.8. The van der Waals surface area contributed by atoms with Gasteiger partial charge in [0, 0.05) is 24.7 Å². The molecule has 0 bridgehead atoms. The molecule has 1 unspecified atom stereocenters. The van der Waals surface area contributed by atoms with Crippen LogP contribution in [0.1, 0.15) is 38.1 Å². The molecule has 1 aliphatic rings. The van der Waals surface area contributed by atoms with Crippen LogP contribution in [0.5, 0.6) is 0 Å². The molecule has 1 fully saturated rings. The minimum Gasteiger partial charge on any atom is -0.370 e. The molecule has 0 amide bonds. The molecule has 0 aliphatic carbocycles. The fraction of sp³-hybridized carbons (Fsp3) is 0.692. The third-order valence-corrected chi connectivity index (χ3v) is 3.40. The summed E-state index contributed by atoms with van der Waals surface area (Å²) in [5, 5.41) is 3.32. The van der Waals surface area contributed by atoms with Crippen LogP contribution in [-0.4, -0.2) is 29.1 Å². The Labute approximate surface area is 103 Å². The molecule has 4 nitrogen and oxygen atoms in total. The van der Waals surface area contributed by atoms with Crippen molar-refractivity contribution in [2.45, 2.75) is 46.6 Å². The minimum atomic E-state index is 0.595. The van der Waals surface area contributed by atoms with Gasteiger partial charge in [0.25, 0.3) is 0 Å². The minimum absolute atomic E-state index is 0.595. The number of rotatable bonds is 3. The van der Waals surface area contributed by atoms with Crippen molar-refractivity contribution in [1.82, 2.24) is 9.97 Å². The van der Waals surface area contributed by atoms with E-state index in [1.165, 1.54) is 18.4 Å². The zero-order valence-corrected chi connectivity index (χ0v) is 11.2. The Morgan fingerprint density at radius 1 is 1.35 bits per heavy atom. The first kappa shape index (κ1) is 12.1. The number of hydrogen-bond acceptors (Lipinski definition) is 4. The summed E-state index contributed by atoms with van der Waals surface area (Å²) in [6.45, 7) is 10.4. The summed E-state index contributed by atoms with van der Waals surface area (Å²) in [6, 6.07) is 0.595. The molecule has 2 rings (SSSR count). The van der Waals surface area contributed by atoms with Gasteiger partial charge in [0.05, 0.1) is 0 Å². The lowest BCUT2D eigenvalue weighted by atomic mass is 10.2. The van der Waals surface area contributed by atoms with Gasteiger partial charge in [-0.3, -0.25) is 0 Å². The molecule has 2 heterocycles. The number of hydrogen-bond donors (Lipinski definition) is 1. The van der Waals surface area contributed by atoms with E-state index in [1.54, 1.807) is 0 Å². The Kier molecular flexibility index (Phi) is 3.50. The smallest absolute Gasteiger partial charge is 0.137 e. The van der Waals surface area contributed by atoms with Crippen molar-refractivity contribution < 1.29 is 0 Å². The summed E-state index contributed by atoms with van der Waals surface area (Å²) < 4.78 is 0. The van der Waals surface area contributed by atoms with E-state index in [2.05, 4.69) is 41.0 Å². The maximum absolute atomic E-state index is 4.62. The molecule has 1 saturated heterocycles. The van der Waals surface area contributed by atoms with E-state index in [1.807, 2.05) is 6.92 Å². The van der Waals surface area contributed by atoms with Crippen molar-refractivity contribution in [3.63, 3.8) is 0 Å². The highest BCUT2D eigenvalue weighted by atomic mass is 15.2. The first-order valence-corrected chi connectivity index (χ1v) is 6.49. The lowest BCUT2D eigenvalue weighted by molar-refractivity contribution is 0.722. The molecule has 0 spiro atoms. The first-order valence-electron chi connectivity index (χ1n) is 6.49. The van der Waals surface area contributed by atoms with Crippen LogP contribution >= 0.6 is 0 Å². The fourth-order valence-corrected chi connectivity index (χ4v) is 2.48. The second kappa shape index (κ2) is 4.90. The summed E-state index contributed by atoms with van der Waals surface area (Å²) in [5.74, 6) is 2.94. The van der Waals surface area contributed by atoms with Crippen molar-refractivity contribution in [2.75, 3.05) is 23.3 Å². The number of aryl methyl sites for hydroxylation is 1. The SMILES string of the molecule is CCNc1nc(C)nc(N2CCCC2C)c1C. The fourth-order valence-electron chi connectivity index (χ4n) is 2.48. The first-order chi connectivity index (χ1) is 8.13. The molecule has 0 aromatic carbocycles. The van der Waals surface area contributed by atoms with Gasteiger partial charge in [-0.15, -0.1) is 0 Å².